The Hall–Kier alpha value is 0.421. The van der Waals surface area contributed by atoms with E-state index >= 15 is 0 Å². The fourth-order valence-corrected chi connectivity index (χ4v) is 4.18. The summed E-state index contributed by atoms with van der Waals surface area (Å²) >= 11 is 0. The molecule has 0 aromatic heterocycles. The Kier molecular flexibility index (Phi) is 19.7. The second-order valence-electron chi connectivity index (χ2n) is 7.46. The molecule has 0 spiro atoms. The van der Waals surface area contributed by atoms with Gasteiger partial charge in [0.05, 0.1) is 13.0 Å². The first kappa shape index (κ1) is 31.6. The van der Waals surface area contributed by atoms with Crippen LogP contribution in [-0.2, 0) is 24.4 Å². The third-order valence-corrected chi connectivity index (χ3v) is 6.47. The van der Waals surface area contributed by atoms with Crippen LogP contribution in [0.4, 0.5) is 0 Å². The van der Waals surface area contributed by atoms with Crippen molar-refractivity contribution in [1.29, 1.82) is 0 Å². The summed E-state index contributed by atoms with van der Waals surface area (Å²) in [6, 6.07) is 0. The monoisotopic (exact) mass is 562 g/mol. The number of hydrogen-bond donors (Lipinski definition) is 2. The van der Waals surface area contributed by atoms with Gasteiger partial charge in [0.1, 0.15) is 0 Å². The summed E-state index contributed by atoms with van der Waals surface area (Å²) in [7, 11) is -4.93. The summed E-state index contributed by atoms with van der Waals surface area (Å²) in [5, 5.41) is 9.14. The van der Waals surface area contributed by atoms with Crippen molar-refractivity contribution >= 4 is 70.9 Å². The molecule has 0 aromatic carbocycles. The third-order valence-electron chi connectivity index (χ3n) is 4.97. The third kappa shape index (κ3) is 13.4. The zero-order valence-corrected chi connectivity index (χ0v) is 18.3. The van der Waals surface area contributed by atoms with Gasteiger partial charge in [-0.25, -0.2) is 0 Å². The van der Waals surface area contributed by atoms with Crippen LogP contribution in [0.25, 0.3) is 0 Å². The van der Waals surface area contributed by atoms with Crippen molar-refractivity contribution in [3.63, 3.8) is 0 Å². The molecule has 0 amide bonds. The molecule has 9 heteroatoms. The van der Waals surface area contributed by atoms with Crippen molar-refractivity contribution in [2.24, 2.45) is 0 Å². The number of carboxylic acid groups (broad SMARTS) is 1. The Bertz CT molecular complexity index is 551. The van der Waals surface area contributed by atoms with Gasteiger partial charge in [0.2, 0.25) is 4.75 Å². The zero-order chi connectivity index (χ0) is 21.5. The number of carbonyl (C=O) groups excluding carboxylic acids is 1. The summed E-state index contributed by atoms with van der Waals surface area (Å²) in [4.78, 5) is 23.8. The predicted octanol–water partition coefficient (Wildman–Crippen LogP) is 3.83. The van der Waals surface area contributed by atoms with E-state index in [2.05, 4.69) is 13.8 Å². The molecule has 1 unspecified atom stereocenters. The van der Waals surface area contributed by atoms with Crippen LogP contribution in [0.2, 0.25) is 0 Å². The van der Waals surface area contributed by atoms with Gasteiger partial charge in [-0.05, 0) is 12.8 Å². The van der Waals surface area contributed by atoms with Crippen LogP contribution in [0.3, 0.4) is 0 Å². The van der Waals surface area contributed by atoms with Crippen LogP contribution < -0.4 is 0 Å². The van der Waals surface area contributed by atoms with E-state index in [1.54, 1.807) is 0 Å². The van der Waals surface area contributed by atoms with Crippen LogP contribution in [0.15, 0.2) is 0 Å². The summed E-state index contributed by atoms with van der Waals surface area (Å²) in [6.07, 6.45) is 9.56. The average Bonchev–Trinajstić information content (AvgIpc) is 2.61. The van der Waals surface area contributed by atoms with E-state index in [9.17, 15) is 22.6 Å². The van der Waals surface area contributed by atoms with E-state index in [0.29, 0.717) is 19.3 Å². The molecule has 0 saturated carbocycles. The van der Waals surface area contributed by atoms with Crippen molar-refractivity contribution in [1.82, 2.24) is 0 Å². The first-order chi connectivity index (χ1) is 13.2. The molecule has 170 valence electrons. The number of unbranched alkanes of at least 4 members (excludes halogenated alkanes) is 10. The Balaban J connectivity index is 0. The molecule has 2 N–H and O–H groups in total. The van der Waals surface area contributed by atoms with Gasteiger partial charge in [-0.1, -0.05) is 84.5 Å². The van der Waals surface area contributed by atoms with E-state index in [1.807, 2.05) is 0 Å². The molecule has 0 saturated heterocycles. The van der Waals surface area contributed by atoms with E-state index in [-0.39, 0.29) is 61.9 Å². The van der Waals surface area contributed by atoms with Crippen LogP contribution >= 0.6 is 0 Å². The molecule has 1 atom stereocenters. The Labute approximate surface area is 216 Å². The van der Waals surface area contributed by atoms with Crippen LogP contribution in [0, 0.1) is 0 Å². The van der Waals surface area contributed by atoms with Crippen molar-refractivity contribution < 1.29 is 32.4 Å². The van der Waals surface area contributed by atoms with Crippen molar-refractivity contribution in [3.05, 3.63) is 0 Å². The summed E-state index contributed by atoms with van der Waals surface area (Å²) in [5.74, 6) is -2.61. The van der Waals surface area contributed by atoms with E-state index in [4.69, 9.17) is 9.84 Å². The average molecular weight is 562 g/mol. The molecule has 0 radical (unpaired) electrons. The standard InChI is InChI=1S/C20H38O7S.Ba.2H/c1-3-5-7-9-11-13-15-20(17-18(21)22,28(24,25)26)19(23)27-16-14-12-10-8-6-4-2;;;/h3-17H2,1-2H3,(H,21,22)(H,24,25,26);;;. The summed E-state index contributed by atoms with van der Waals surface area (Å²) in [5.41, 5.74) is 0. The minimum absolute atomic E-state index is 0. The van der Waals surface area contributed by atoms with E-state index in [0.717, 1.165) is 57.8 Å². The topological polar surface area (TPSA) is 118 Å². The molecular formula is C20H40BaO7S. The van der Waals surface area contributed by atoms with Crippen LogP contribution in [0.1, 0.15) is 104 Å². The van der Waals surface area contributed by atoms with Gasteiger partial charge >= 0.3 is 60.8 Å². The fourth-order valence-electron chi connectivity index (χ4n) is 3.20. The quantitative estimate of drug-likeness (QED) is 0.113. The molecule has 29 heavy (non-hydrogen) atoms. The number of ether oxygens (including phenoxy) is 1. The molecule has 0 aliphatic carbocycles. The SMILES string of the molecule is CCCCCCCCOC(=O)C(CCCCCCCC)(CC(=O)O)S(=O)(=O)O.[BaH2]. The van der Waals surface area contributed by atoms with Crippen LogP contribution in [-0.4, -0.2) is 90.3 Å². The molecule has 0 rings (SSSR count). The van der Waals surface area contributed by atoms with Gasteiger partial charge in [-0.3, -0.25) is 14.1 Å². The van der Waals surface area contributed by atoms with Gasteiger partial charge in [-0.15, -0.1) is 0 Å². The first-order valence-electron chi connectivity index (χ1n) is 10.6. The molecule has 0 fully saturated rings. The number of carbonyl (C=O) groups is 2. The maximum absolute atomic E-state index is 12.5. The van der Waals surface area contributed by atoms with Crippen LogP contribution in [0.5, 0.6) is 0 Å². The number of hydrogen-bond acceptors (Lipinski definition) is 5. The predicted molar refractivity (Wildman–Crippen MR) is 117 cm³/mol. The Morgan fingerprint density at radius 3 is 1.72 bits per heavy atom. The number of aliphatic carboxylic acids is 1. The Morgan fingerprint density at radius 1 is 0.828 bits per heavy atom. The second-order valence-corrected chi connectivity index (χ2v) is 9.19. The molecule has 0 aliphatic rings. The van der Waals surface area contributed by atoms with E-state index in [1.165, 1.54) is 0 Å². The Morgan fingerprint density at radius 2 is 1.28 bits per heavy atom. The van der Waals surface area contributed by atoms with Gasteiger partial charge < -0.3 is 9.84 Å². The maximum atomic E-state index is 12.5. The zero-order valence-electron chi connectivity index (χ0n) is 17.5. The van der Waals surface area contributed by atoms with E-state index < -0.39 is 33.2 Å². The van der Waals surface area contributed by atoms with Crippen molar-refractivity contribution in [2.75, 3.05) is 6.61 Å². The molecule has 0 heterocycles. The first-order valence-corrected chi connectivity index (χ1v) is 12.0. The summed E-state index contributed by atoms with van der Waals surface area (Å²) < 4.78 is 36.4. The molecule has 0 aromatic rings. The second kappa shape index (κ2) is 18.0. The normalized spacial score (nSPS) is 13.3. The molecule has 7 nitrogen and oxygen atoms in total. The number of rotatable bonds is 18. The van der Waals surface area contributed by atoms with Gasteiger partial charge in [-0.2, -0.15) is 8.42 Å². The minimum atomic E-state index is -4.93. The molecule has 0 aliphatic heterocycles. The van der Waals surface area contributed by atoms with Crippen molar-refractivity contribution in [2.45, 2.75) is 108 Å². The van der Waals surface area contributed by atoms with Gasteiger partial charge in [0, 0.05) is 0 Å². The van der Waals surface area contributed by atoms with Gasteiger partial charge in [0.15, 0.2) is 0 Å². The number of esters is 1. The van der Waals surface area contributed by atoms with Crippen molar-refractivity contribution in [3.8, 4) is 0 Å². The fraction of sp³-hybridized carbons (Fsp3) is 0.900. The number of carboxylic acids is 1. The molecule has 0 bridgehead atoms. The molecular weight excluding hydrogens is 522 g/mol. The summed E-state index contributed by atoms with van der Waals surface area (Å²) in [6.45, 7) is 4.22. The van der Waals surface area contributed by atoms with Gasteiger partial charge in [0.25, 0.3) is 10.1 Å².